The van der Waals surface area contributed by atoms with Gasteiger partial charge in [0.15, 0.2) is 0 Å². The zero-order valence-corrected chi connectivity index (χ0v) is 10.6. The van der Waals surface area contributed by atoms with Crippen molar-refractivity contribution in [2.45, 2.75) is 38.1 Å². The molecule has 0 saturated heterocycles. The highest BCUT2D eigenvalue weighted by Crippen LogP contribution is 2.46. The van der Waals surface area contributed by atoms with Crippen LogP contribution >= 0.6 is 0 Å². The third-order valence-corrected chi connectivity index (χ3v) is 3.64. The van der Waals surface area contributed by atoms with Gasteiger partial charge in [0.05, 0.1) is 7.11 Å². The fraction of sp³-hybridized carbons (Fsp3) is 0.500. The van der Waals surface area contributed by atoms with Crippen molar-refractivity contribution in [1.82, 2.24) is 0 Å². The molecule has 1 saturated carbocycles. The van der Waals surface area contributed by atoms with E-state index in [1.54, 1.807) is 20.1 Å². The zero-order chi connectivity index (χ0) is 13.2. The maximum absolute atomic E-state index is 13.6. The molecule has 0 aliphatic heterocycles. The number of isocyanates is 1. The van der Waals surface area contributed by atoms with E-state index < -0.39 is 5.54 Å². The van der Waals surface area contributed by atoms with Crippen LogP contribution in [0.2, 0.25) is 0 Å². The van der Waals surface area contributed by atoms with Gasteiger partial charge in [0, 0.05) is 5.56 Å². The average molecular weight is 249 g/mol. The molecule has 0 heterocycles. The van der Waals surface area contributed by atoms with Gasteiger partial charge in [0.25, 0.3) is 0 Å². The van der Waals surface area contributed by atoms with Crippen LogP contribution in [-0.4, -0.2) is 13.2 Å². The van der Waals surface area contributed by atoms with Crippen molar-refractivity contribution in [3.63, 3.8) is 0 Å². The molecule has 0 amide bonds. The topological polar surface area (TPSA) is 38.7 Å². The Labute approximate surface area is 106 Å². The third kappa shape index (κ3) is 2.04. The van der Waals surface area contributed by atoms with Gasteiger partial charge in [-0.3, -0.25) is 0 Å². The number of methoxy groups -OCH3 is 1. The molecule has 0 N–H and O–H groups in total. The molecule has 0 aromatic heterocycles. The molecule has 3 nitrogen and oxygen atoms in total. The number of nitrogens with zero attached hydrogens (tertiary/aromatic N) is 1. The van der Waals surface area contributed by atoms with Crippen molar-refractivity contribution in [2.75, 3.05) is 7.11 Å². The van der Waals surface area contributed by atoms with E-state index in [-0.39, 0.29) is 5.82 Å². The average Bonchev–Trinajstić information content (AvgIpc) is 2.78. The minimum absolute atomic E-state index is 0.323. The SMILES string of the molecule is COc1c(C)cc(F)cc1C1(N=C=O)CCCC1. The molecule has 0 atom stereocenters. The van der Waals surface area contributed by atoms with Gasteiger partial charge in [-0.1, -0.05) is 12.8 Å². The van der Waals surface area contributed by atoms with Gasteiger partial charge in [-0.25, -0.2) is 9.18 Å². The second kappa shape index (κ2) is 4.91. The van der Waals surface area contributed by atoms with E-state index in [1.807, 2.05) is 0 Å². The molecule has 1 aliphatic carbocycles. The molecule has 18 heavy (non-hydrogen) atoms. The van der Waals surface area contributed by atoms with E-state index in [0.29, 0.717) is 11.3 Å². The zero-order valence-electron chi connectivity index (χ0n) is 10.6. The number of carbonyl (C=O) groups excluding carboxylic acids is 1. The molecule has 0 unspecified atom stereocenters. The minimum Gasteiger partial charge on any atom is -0.496 e. The van der Waals surface area contributed by atoms with Crippen LogP contribution < -0.4 is 4.74 Å². The summed E-state index contributed by atoms with van der Waals surface area (Å²) < 4.78 is 19.0. The monoisotopic (exact) mass is 249 g/mol. The van der Waals surface area contributed by atoms with Gasteiger partial charge in [0.2, 0.25) is 6.08 Å². The van der Waals surface area contributed by atoms with Crippen LogP contribution in [0.25, 0.3) is 0 Å². The number of halogens is 1. The van der Waals surface area contributed by atoms with E-state index in [0.717, 1.165) is 31.2 Å². The first kappa shape index (κ1) is 12.8. The fourth-order valence-electron chi connectivity index (χ4n) is 2.84. The fourth-order valence-corrected chi connectivity index (χ4v) is 2.84. The van der Waals surface area contributed by atoms with Gasteiger partial charge in [-0.05, 0) is 37.5 Å². The van der Waals surface area contributed by atoms with Crippen LogP contribution in [0.5, 0.6) is 5.75 Å². The highest BCUT2D eigenvalue weighted by Gasteiger charge is 2.38. The summed E-state index contributed by atoms with van der Waals surface area (Å²) in [5.41, 5.74) is 0.739. The standard InChI is InChI=1S/C14H16FNO2/c1-10-7-11(15)8-12(13(10)18-2)14(16-9-17)5-3-4-6-14/h7-8H,3-6H2,1-2H3. The van der Waals surface area contributed by atoms with Crippen molar-refractivity contribution in [2.24, 2.45) is 4.99 Å². The quantitative estimate of drug-likeness (QED) is 0.609. The number of hydrogen-bond acceptors (Lipinski definition) is 3. The molecule has 0 bridgehead atoms. The molecule has 2 rings (SSSR count). The van der Waals surface area contributed by atoms with Crippen LogP contribution in [0.4, 0.5) is 4.39 Å². The van der Waals surface area contributed by atoms with Gasteiger partial charge in [-0.2, -0.15) is 4.99 Å². The smallest absolute Gasteiger partial charge is 0.235 e. The summed E-state index contributed by atoms with van der Waals surface area (Å²) in [7, 11) is 1.55. The van der Waals surface area contributed by atoms with Crippen molar-refractivity contribution < 1.29 is 13.9 Å². The summed E-state index contributed by atoms with van der Waals surface area (Å²) in [6, 6.07) is 2.85. The Kier molecular flexibility index (Phi) is 3.48. The highest BCUT2D eigenvalue weighted by molar-refractivity contribution is 5.48. The Morgan fingerprint density at radius 1 is 1.39 bits per heavy atom. The predicted octanol–water partition coefficient (Wildman–Crippen LogP) is 3.25. The number of benzene rings is 1. The van der Waals surface area contributed by atoms with E-state index in [2.05, 4.69) is 4.99 Å². The van der Waals surface area contributed by atoms with E-state index in [9.17, 15) is 9.18 Å². The second-order valence-corrected chi connectivity index (χ2v) is 4.75. The van der Waals surface area contributed by atoms with Gasteiger partial charge >= 0.3 is 0 Å². The van der Waals surface area contributed by atoms with Crippen LogP contribution in [0.1, 0.15) is 36.8 Å². The number of aryl methyl sites for hydroxylation is 1. The number of ether oxygens (including phenoxy) is 1. The molecule has 1 aliphatic rings. The maximum Gasteiger partial charge on any atom is 0.235 e. The van der Waals surface area contributed by atoms with Gasteiger partial charge in [-0.15, -0.1) is 0 Å². The number of aliphatic imine (C=N–C) groups is 1. The molecular weight excluding hydrogens is 233 g/mol. The van der Waals surface area contributed by atoms with Crippen molar-refractivity contribution >= 4 is 6.08 Å². The number of hydrogen-bond donors (Lipinski definition) is 0. The molecule has 96 valence electrons. The first-order valence-corrected chi connectivity index (χ1v) is 6.06. The van der Waals surface area contributed by atoms with Crippen molar-refractivity contribution in [1.29, 1.82) is 0 Å². The van der Waals surface area contributed by atoms with E-state index in [1.165, 1.54) is 12.1 Å². The highest BCUT2D eigenvalue weighted by atomic mass is 19.1. The normalized spacial score (nSPS) is 17.3. The maximum atomic E-state index is 13.6. The Bertz CT molecular complexity index is 501. The Morgan fingerprint density at radius 2 is 2.06 bits per heavy atom. The van der Waals surface area contributed by atoms with Crippen LogP contribution in [-0.2, 0) is 10.3 Å². The molecule has 1 aromatic carbocycles. The van der Waals surface area contributed by atoms with Crippen molar-refractivity contribution in [3.8, 4) is 5.75 Å². The Balaban J connectivity index is 2.64. The lowest BCUT2D eigenvalue weighted by Gasteiger charge is -2.26. The van der Waals surface area contributed by atoms with Crippen LogP contribution in [0, 0.1) is 12.7 Å². The van der Waals surface area contributed by atoms with Gasteiger partial charge in [0.1, 0.15) is 17.1 Å². The summed E-state index contributed by atoms with van der Waals surface area (Å²) in [6.45, 7) is 1.79. The predicted molar refractivity (Wildman–Crippen MR) is 66.0 cm³/mol. The summed E-state index contributed by atoms with van der Waals surface area (Å²) in [6.07, 6.45) is 5.06. The summed E-state index contributed by atoms with van der Waals surface area (Å²) >= 11 is 0. The van der Waals surface area contributed by atoms with Crippen LogP contribution in [0.15, 0.2) is 17.1 Å². The van der Waals surface area contributed by atoms with Gasteiger partial charge < -0.3 is 4.74 Å². The largest absolute Gasteiger partial charge is 0.496 e. The molecule has 1 aromatic rings. The van der Waals surface area contributed by atoms with Crippen molar-refractivity contribution in [3.05, 3.63) is 29.1 Å². The molecule has 0 radical (unpaired) electrons. The first-order chi connectivity index (χ1) is 8.63. The molecule has 0 spiro atoms. The van der Waals surface area contributed by atoms with Crippen LogP contribution in [0.3, 0.4) is 0 Å². The number of rotatable bonds is 3. The third-order valence-electron chi connectivity index (χ3n) is 3.64. The Hall–Kier alpha value is -1.67. The second-order valence-electron chi connectivity index (χ2n) is 4.75. The lowest BCUT2D eigenvalue weighted by Crippen LogP contribution is -2.20. The molecular formula is C14H16FNO2. The molecule has 1 fully saturated rings. The summed E-state index contributed by atoms with van der Waals surface area (Å²) in [5.74, 6) is 0.299. The summed E-state index contributed by atoms with van der Waals surface area (Å²) in [4.78, 5) is 14.6. The van der Waals surface area contributed by atoms with E-state index in [4.69, 9.17) is 4.74 Å². The Morgan fingerprint density at radius 3 is 2.61 bits per heavy atom. The minimum atomic E-state index is -0.653. The molecule has 4 heteroatoms. The summed E-state index contributed by atoms with van der Waals surface area (Å²) in [5, 5.41) is 0. The lowest BCUT2D eigenvalue weighted by atomic mass is 9.87. The first-order valence-electron chi connectivity index (χ1n) is 6.06. The van der Waals surface area contributed by atoms with E-state index >= 15 is 0 Å². The lowest BCUT2D eigenvalue weighted by molar-refractivity contribution is 0.374.